The Balaban J connectivity index is 2.37. The molecule has 0 spiro atoms. The first-order chi connectivity index (χ1) is 5.33. The first-order valence-electron chi connectivity index (χ1n) is 3.04. The fraction of sp³-hybridized carbons (Fsp3) is 0.333. The van der Waals surface area contributed by atoms with E-state index in [4.69, 9.17) is 0 Å². The third-order valence-electron chi connectivity index (χ3n) is 1.05. The van der Waals surface area contributed by atoms with Crippen molar-refractivity contribution in [3.8, 4) is 0 Å². The number of carbonyl (C=O) groups is 1. The molecule has 1 heterocycles. The van der Waals surface area contributed by atoms with Crippen LogP contribution in [0.15, 0.2) is 16.9 Å². The largest absolute Gasteiger partial charge is 0.364 e. The highest BCUT2D eigenvalue weighted by atomic mass is 16.6. The lowest BCUT2D eigenvalue weighted by molar-refractivity contribution is -0.130. The summed E-state index contributed by atoms with van der Waals surface area (Å²) in [6, 6.07) is 1.62. The molecule has 0 fully saturated rings. The molecule has 11 heavy (non-hydrogen) atoms. The van der Waals surface area contributed by atoms with Crippen molar-refractivity contribution in [2.45, 2.75) is 6.42 Å². The van der Waals surface area contributed by atoms with Gasteiger partial charge in [-0.05, 0) is 0 Å². The Labute approximate surface area is 63.3 Å². The Morgan fingerprint density at radius 3 is 3.27 bits per heavy atom. The summed E-state index contributed by atoms with van der Waals surface area (Å²) < 4.78 is 4.52. The molecule has 1 rings (SSSR count). The Kier molecular flexibility index (Phi) is 2.62. The van der Waals surface area contributed by atoms with Gasteiger partial charge in [-0.2, -0.15) is 0 Å². The van der Waals surface area contributed by atoms with Crippen LogP contribution in [0.1, 0.15) is 5.69 Å². The zero-order valence-corrected chi connectivity index (χ0v) is 6.03. The highest BCUT2D eigenvalue weighted by Crippen LogP contribution is 1.94. The minimum atomic E-state index is -0.249. The lowest BCUT2D eigenvalue weighted by atomic mass is 10.3. The molecule has 5 heteroatoms. The first kappa shape index (κ1) is 7.74. The van der Waals surface area contributed by atoms with Gasteiger partial charge in [0.25, 0.3) is 0 Å². The molecule has 0 atom stereocenters. The van der Waals surface area contributed by atoms with Crippen molar-refractivity contribution in [1.29, 1.82) is 0 Å². The molecule has 5 nitrogen and oxygen atoms in total. The Hall–Kier alpha value is -1.36. The van der Waals surface area contributed by atoms with Crippen LogP contribution >= 0.6 is 0 Å². The van der Waals surface area contributed by atoms with E-state index in [2.05, 4.69) is 20.0 Å². The van der Waals surface area contributed by atoms with Gasteiger partial charge in [-0.25, -0.2) is 5.48 Å². The summed E-state index contributed by atoms with van der Waals surface area (Å²) in [5, 5.41) is 3.55. The number of hydrogen-bond donors (Lipinski definition) is 1. The molecule has 0 saturated heterocycles. The second kappa shape index (κ2) is 3.72. The van der Waals surface area contributed by atoms with Crippen molar-refractivity contribution >= 4 is 5.91 Å². The van der Waals surface area contributed by atoms with Crippen molar-refractivity contribution in [1.82, 2.24) is 10.6 Å². The van der Waals surface area contributed by atoms with Crippen molar-refractivity contribution in [2.75, 3.05) is 7.11 Å². The molecule has 60 valence electrons. The van der Waals surface area contributed by atoms with Gasteiger partial charge < -0.3 is 4.52 Å². The van der Waals surface area contributed by atoms with Crippen LogP contribution in [0.25, 0.3) is 0 Å². The van der Waals surface area contributed by atoms with Crippen LogP contribution < -0.4 is 5.48 Å². The van der Waals surface area contributed by atoms with Gasteiger partial charge in [0, 0.05) is 6.07 Å². The minimum absolute atomic E-state index is 0.171. The second-order valence-electron chi connectivity index (χ2n) is 1.90. The van der Waals surface area contributed by atoms with Crippen LogP contribution in [0.4, 0.5) is 0 Å². The molecule has 0 aliphatic heterocycles. The van der Waals surface area contributed by atoms with Gasteiger partial charge in [-0.15, -0.1) is 0 Å². The van der Waals surface area contributed by atoms with Gasteiger partial charge in [-0.3, -0.25) is 9.63 Å². The summed E-state index contributed by atoms with van der Waals surface area (Å²) in [4.78, 5) is 15.2. The number of carbonyl (C=O) groups excluding carboxylic acids is 1. The molecule has 0 bridgehead atoms. The molecule has 0 radical (unpaired) electrons. The number of rotatable bonds is 3. The van der Waals surface area contributed by atoms with Crippen LogP contribution in [0, 0.1) is 0 Å². The fourth-order valence-corrected chi connectivity index (χ4v) is 0.643. The standard InChI is InChI=1S/C6H8N2O3/c1-10-8-6(9)4-5-2-3-11-7-5/h2-3H,4H2,1H3,(H,8,9). The van der Waals surface area contributed by atoms with Gasteiger partial charge in [0.15, 0.2) is 0 Å². The topological polar surface area (TPSA) is 64.4 Å². The van der Waals surface area contributed by atoms with E-state index < -0.39 is 0 Å². The van der Waals surface area contributed by atoms with E-state index in [0.717, 1.165) is 0 Å². The zero-order chi connectivity index (χ0) is 8.10. The predicted octanol–water partition coefficient (Wildman–Crippen LogP) is -0.105. The first-order valence-corrected chi connectivity index (χ1v) is 3.04. The van der Waals surface area contributed by atoms with Gasteiger partial charge >= 0.3 is 0 Å². The maximum Gasteiger partial charge on any atom is 0.249 e. The molecular formula is C6H8N2O3. The van der Waals surface area contributed by atoms with Crippen molar-refractivity contribution in [2.24, 2.45) is 0 Å². The monoisotopic (exact) mass is 156 g/mol. The number of nitrogens with zero attached hydrogens (tertiary/aromatic N) is 1. The average Bonchev–Trinajstić information content (AvgIpc) is 2.40. The maximum absolute atomic E-state index is 10.8. The number of amides is 1. The molecule has 1 N–H and O–H groups in total. The quantitative estimate of drug-likeness (QED) is 0.620. The summed E-state index contributed by atoms with van der Waals surface area (Å²) in [6.45, 7) is 0. The predicted molar refractivity (Wildman–Crippen MR) is 35.4 cm³/mol. The Bertz CT molecular complexity index is 220. The van der Waals surface area contributed by atoms with Gasteiger partial charge in [-0.1, -0.05) is 5.16 Å². The lowest BCUT2D eigenvalue weighted by Crippen LogP contribution is -2.23. The summed E-state index contributed by atoms with van der Waals surface area (Å²) >= 11 is 0. The molecule has 0 saturated carbocycles. The van der Waals surface area contributed by atoms with Gasteiger partial charge in [0.2, 0.25) is 5.91 Å². The van der Waals surface area contributed by atoms with Crippen molar-refractivity contribution in [3.05, 3.63) is 18.0 Å². The van der Waals surface area contributed by atoms with Crippen LogP contribution in [0.5, 0.6) is 0 Å². The highest BCUT2D eigenvalue weighted by Gasteiger charge is 2.03. The summed E-state index contributed by atoms with van der Waals surface area (Å²) in [7, 11) is 1.38. The molecule has 0 unspecified atom stereocenters. The number of aromatic nitrogens is 1. The molecule has 0 aliphatic carbocycles. The third-order valence-corrected chi connectivity index (χ3v) is 1.05. The highest BCUT2D eigenvalue weighted by molar-refractivity contribution is 5.76. The fourth-order valence-electron chi connectivity index (χ4n) is 0.643. The average molecular weight is 156 g/mol. The van der Waals surface area contributed by atoms with Crippen LogP contribution in [-0.2, 0) is 16.1 Å². The van der Waals surface area contributed by atoms with E-state index in [0.29, 0.717) is 5.69 Å². The van der Waals surface area contributed by atoms with Gasteiger partial charge in [0.1, 0.15) is 6.26 Å². The van der Waals surface area contributed by atoms with Crippen molar-refractivity contribution in [3.63, 3.8) is 0 Å². The van der Waals surface area contributed by atoms with E-state index in [1.54, 1.807) is 6.07 Å². The van der Waals surface area contributed by atoms with Crippen LogP contribution in [-0.4, -0.2) is 18.2 Å². The molecule has 0 aromatic carbocycles. The molecule has 1 aromatic heterocycles. The van der Waals surface area contributed by atoms with E-state index >= 15 is 0 Å². The van der Waals surface area contributed by atoms with Crippen LogP contribution in [0.3, 0.4) is 0 Å². The maximum atomic E-state index is 10.8. The minimum Gasteiger partial charge on any atom is -0.364 e. The number of hydroxylamine groups is 1. The molecule has 0 aliphatic rings. The van der Waals surface area contributed by atoms with Crippen LogP contribution in [0.2, 0.25) is 0 Å². The summed E-state index contributed by atoms with van der Waals surface area (Å²) in [5.41, 5.74) is 2.75. The molecular weight excluding hydrogens is 148 g/mol. The zero-order valence-electron chi connectivity index (χ0n) is 6.03. The Morgan fingerprint density at radius 1 is 1.91 bits per heavy atom. The number of nitrogens with one attached hydrogen (secondary N) is 1. The normalized spacial score (nSPS) is 9.55. The van der Waals surface area contributed by atoms with E-state index in [1.165, 1.54) is 13.4 Å². The van der Waals surface area contributed by atoms with Gasteiger partial charge in [0.05, 0.1) is 19.2 Å². The van der Waals surface area contributed by atoms with E-state index in [9.17, 15) is 4.79 Å². The molecule has 1 aromatic rings. The summed E-state index contributed by atoms with van der Waals surface area (Å²) in [6.07, 6.45) is 1.58. The summed E-state index contributed by atoms with van der Waals surface area (Å²) in [5.74, 6) is -0.249. The third kappa shape index (κ3) is 2.38. The van der Waals surface area contributed by atoms with Crippen molar-refractivity contribution < 1.29 is 14.2 Å². The number of hydrogen-bond acceptors (Lipinski definition) is 4. The molecule has 1 amide bonds. The SMILES string of the molecule is CONC(=O)Cc1ccon1. The smallest absolute Gasteiger partial charge is 0.249 e. The van der Waals surface area contributed by atoms with E-state index in [-0.39, 0.29) is 12.3 Å². The van der Waals surface area contributed by atoms with E-state index in [1.807, 2.05) is 0 Å². The Morgan fingerprint density at radius 2 is 2.73 bits per heavy atom. The lowest BCUT2D eigenvalue weighted by Gasteiger charge is -1.97. The second-order valence-corrected chi connectivity index (χ2v) is 1.90.